The molecule has 2 unspecified atom stereocenters. The summed E-state index contributed by atoms with van der Waals surface area (Å²) in [5, 5.41) is 3.38. The Bertz CT molecular complexity index is 646. The maximum absolute atomic E-state index is 13.5. The third kappa shape index (κ3) is 2.83. The average Bonchev–Trinajstić information content (AvgIpc) is 2.52. The van der Waals surface area contributed by atoms with Gasteiger partial charge in [-0.1, -0.05) is 24.3 Å². The highest BCUT2D eigenvalue weighted by atomic mass is 79.9. The lowest BCUT2D eigenvalue weighted by molar-refractivity contribution is 0.248. The number of rotatable bonds is 3. The van der Waals surface area contributed by atoms with E-state index in [-0.39, 0.29) is 11.9 Å². The van der Waals surface area contributed by atoms with Crippen molar-refractivity contribution in [3.8, 4) is 5.75 Å². The molecule has 3 rings (SSSR count). The molecule has 1 N–H and O–H groups in total. The molecule has 0 aliphatic carbocycles. The number of nitrogens with one attached hydrogen (secondary N) is 1. The second-order valence-electron chi connectivity index (χ2n) is 5.22. The lowest BCUT2D eigenvalue weighted by Crippen LogP contribution is -2.28. The molecular weight excluding hydrogens is 333 g/mol. The zero-order chi connectivity index (χ0) is 14.8. The second-order valence-corrected chi connectivity index (χ2v) is 6.08. The van der Waals surface area contributed by atoms with Crippen LogP contribution in [0.3, 0.4) is 0 Å². The maximum atomic E-state index is 13.5. The van der Waals surface area contributed by atoms with Crippen molar-refractivity contribution in [3.63, 3.8) is 0 Å². The summed E-state index contributed by atoms with van der Waals surface area (Å²) in [5.74, 6) is 1.04. The minimum atomic E-state index is -0.235. The number of para-hydroxylation sites is 1. The van der Waals surface area contributed by atoms with Crippen molar-refractivity contribution >= 4 is 15.9 Å². The summed E-state index contributed by atoms with van der Waals surface area (Å²) in [6.07, 6.45) is 0.942. The van der Waals surface area contributed by atoms with Gasteiger partial charge in [0.1, 0.15) is 11.6 Å². The number of hydrogen-bond acceptors (Lipinski definition) is 2. The highest BCUT2D eigenvalue weighted by Crippen LogP contribution is 2.41. The zero-order valence-corrected chi connectivity index (χ0v) is 13.4. The summed E-state index contributed by atoms with van der Waals surface area (Å²) < 4.78 is 19.7. The fraction of sp³-hybridized carbons (Fsp3) is 0.294. The normalized spacial score (nSPS) is 18.7. The molecular formula is C17H17BrFNO. The van der Waals surface area contributed by atoms with Gasteiger partial charge in [0.05, 0.1) is 11.1 Å². The standard InChI is InChI=1S/C17H17BrFNO/c1-20-17(11-6-7-15(19)14(18)10-11)13-8-9-21-16-5-3-2-4-12(13)16/h2-7,10,13,17,20H,8-9H2,1H3. The fourth-order valence-corrected chi connectivity index (χ4v) is 3.42. The zero-order valence-electron chi connectivity index (χ0n) is 11.8. The van der Waals surface area contributed by atoms with Gasteiger partial charge in [-0.05, 0) is 58.7 Å². The van der Waals surface area contributed by atoms with Crippen molar-refractivity contribution in [2.45, 2.75) is 18.4 Å². The van der Waals surface area contributed by atoms with Gasteiger partial charge >= 0.3 is 0 Å². The lowest BCUT2D eigenvalue weighted by Gasteiger charge is -2.32. The van der Waals surface area contributed by atoms with E-state index in [1.165, 1.54) is 11.6 Å². The SMILES string of the molecule is CNC(c1ccc(F)c(Br)c1)C1CCOc2ccccc21. The van der Waals surface area contributed by atoms with Gasteiger partial charge in [0.25, 0.3) is 0 Å². The van der Waals surface area contributed by atoms with Gasteiger partial charge in [-0.25, -0.2) is 4.39 Å². The van der Waals surface area contributed by atoms with E-state index < -0.39 is 0 Å². The molecule has 0 saturated heterocycles. The smallest absolute Gasteiger partial charge is 0.137 e. The van der Waals surface area contributed by atoms with E-state index >= 15 is 0 Å². The highest BCUT2D eigenvalue weighted by molar-refractivity contribution is 9.10. The van der Waals surface area contributed by atoms with E-state index in [1.807, 2.05) is 37.4 Å². The van der Waals surface area contributed by atoms with E-state index in [4.69, 9.17) is 4.74 Å². The molecule has 0 fully saturated rings. The first kappa shape index (κ1) is 14.5. The largest absolute Gasteiger partial charge is 0.493 e. The van der Waals surface area contributed by atoms with E-state index in [9.17, 15) is 4.39 Å². The summed E-state index contributed by atoms with van der Waals surface area (Å²) in [4.78, 5) is 0. The topological polar surface area (TPSA) is 21.3 Å². The fourth-order valence-electron chi connectivity index (χ4n) is 3.02. The first-order valence-electron chi connectivity index (χ1n) is 7.04. The summed E-state index contributed by atoms with van der Waals surface area (Å²) in [7, 11) is 1.94. The third-order valence-corrected chi connectivity index (χ3v) is 4.63. The van der Waals surface area contributed by atoms with Gasteiger partial charge in [-0.3, -0.25) is 0 Å². The van der Waals surface area contributed by atoms with Crippen molar-refractivity contribution in [3.05, 3.63) is 63.9 Å². The Kier molecular flexibility index (Phi) is 4.27. The molecule has 1 aliphatic heterocycles. The monoisotopic (exact) mass is 349 g/mol. The van der Waals surface area contributed by atoms with E-state index in [0.29, 0.717) is 17.0 Å². The van der Waals surface area contributed by atoms with Gasteiger partial charge in [-0.15, -0.1) is 0 Å². The van der Waals surface area contributed by atoms with Crippen molar-refractivity contribution in [2.75, 3.05) is 13.7 Å². The highest BCUT2D eigenvalue weighted by Gasteiger charge is 2.29. The summed E-state index contributed by atoms with van der Waals surface area (Å²) in [5.41, 5.74) is 2.29. The minimum Gasteiger partial charge on any atom is -0.493 e. The predicted octanol–water partition coefficient (Wildman–Crippen LogP) is 4.42. The second kappa shape index (κ2) is 6.16. The summed E-state index contributed by atoms with van der Waals surface area (Å²) in [6.45, 7) is 0.711. The lowest BCUT2D eigenvalue weighted by atomic mass is 9.83. The maximum Gasteiger partial charge on any atom is 0.137 e. The number of benzene rings is 2. The molecule has 0 spiro atoms. The van der Waals surface area contributed by atoms with Crippen molar-refractivity contribution in [2.24, 2.45) is 0 Å². The Morgan fingerprint density at radius 3 is 2.86 bits per heavy atom. The molecule has 2 atom stereocenters. The molecule has 4 heteroatoms. The van der Waals surface area contributed by atoms with Crippen LogP contribution in [-0.2, 0) is 0 Å². The Hall–Kier alpha value is -1.39. The van der Waals surface area contributed by atoms with Crippen LogP contribution in [0.25, 0.3) is 0 Å². The summed E-state index contributed by atoms with van der Waals surface area (Å²) in [6, 6.07) is 13.5. The first-order valence-corrected chi connectivity index (χ1v) is 7.84. The van der Waals surface area contributed by atoms with E-state index in [0.717, 1.165) is 17.7 Å². The van der Waals surface area contributed by atoms with Crippen LogP contribution in [-0.4, -0.2) is 13.7 Å². The Morgan fingerprint density at radius 1 is 1.29 bits per heavy atom. The number of hydrogen-bond donors (Lipinski definition) is 1. The molecule has 2 aromatic carbocycles. The average molecular weight is 350 g/mol. The first-order chi connectivity index (χ1) is 10.2. The van der Waals surface area contributed by atoms with Crippen LogP contribution in [0.4, 0.5) is 4.39 Å². The van der Waals surface area contributed by atoms with Gasteiger partial charge in [-0.2, -0.15) is 0 Å². The quantitative estimate of drug-likeness (QED) is 0.885. The van der Waals surface area contributed by atoms with Crippen LogP contribution in [0.5, 0.6) is 5.75 Å². The van der Waals surface area contributed by atoms with Crippen molar-refractivity contribution in [1.82, 2.24) is 5.32 Å². The van der Waals surface area contributed by atoms with Crippen LogP contribution < -0.4 is 10.1 Å². The molecule has 2 aromatic rings. The third-order valence-electron chi connectivity index (χ3n) is 4.02. The van der Waals surface area contributed by atoms with Gasteiger partial charge < -0.3 is 10.1 Å². The van der Waals surface area contributed by atoms with E-state index in [1.54, 1.807) is 0 Å². The molecule has 1 heterocycles. The Labute approximate surface area is 132 Å². The van der Waals surface area contributed by atoms with E-state index in [2.05, 4.69) is 27.3 Å². The predicted molar refractivity (Wildman–Crippen MR) is 85.2 cm³/mol. The van der Waals surface area contributed by atoms with Gasteiger partial charge in [0.2, 0.25) is 0 Å². The Balaban J connectivity index is 1.99. The van der Waals surface area contributed by atoms with Gasteiger partial charge in [0.15, 0.2) is 0 Å². The number of ether oxygens (including phenoxy) is 1. The molecule has 110 valence electrons. The molecule has 0 saturated carbocycles. The van der Waals surface area contributed by atoms with Crippen LogP contribution >= 0.6 is 15.9 Å². The van der Waals surface area contributed by atoms with Gasteiger partial charge in [0, 0.05) is 12.0 Å². The number of likely N-dealkylation sites (N-methyl/N-ethyl adjacent to an activating group) is 1. The van der Waals surface area contributed by atoms with Crippen LogP contribution in [0.1, 0.15) is 29.5 Å². The molecule has 1 aliphatic rings. The van der Waals surface area contributed by atoms with Crippen molar-refractivity contribution < 1.29 is 9.13 Å². The van der Waals surface area contributed by atoms with Crippen LogP contribution in [0.2, 0.25) is 0 Å². The molecule has 21 heavy (non-hydrogen) atoms. The van der Waals surface area contributed by atoms with Crippen LogP contribution in [0.15, 0.2) is 46.9 Å². The molecule has 0 amide bonds. The molecule has 0 radical (unpaired) electrons. The Morgan fingerprint density at radius 2 is 2.10 bits per heavy atom. The van der Waals surface area contributed by atoms with Crippen LogP contribution in [0, 0.1) is 5.82 Å². The number of fused-ring (bicyclic) bond motifs is 1. The molecule has 0 aromatic heterocycles. The molecule has 2 nitrogen and oxygen atoms in total. The minimum absolute atomic E-state index is 0.131. The summed E-state index contributed by atoms with van der Waals surface area (Å²) >= 11 is 3.27. The van der Waals surface area contributed by atoms with Crippen molar-refractivity contribution in [1.29, 1.82) is 0 Å². The number of halogens is 2. The molecule has 0 bridgehead atoms.